The van der Waals surface area contributed by atoms with Gasteiger partial charge in [0.05, 0.1) is 5.92 Å². The Morgan fingerprint density at radius 1 is 1.39 bits per heavy atom. The van der Waals surface area contributed by atoms with E-state index in [-0.39, 0.29) is 17.6 Å². The maximum absolute atomic E-state index is 12.5. The number of guanidine groups is 1. The molecule has 0 saturated carbocycles. The number of halogens is 2. The Hall–Kier alpha value is -2.42. The molecule has 7 nitrogen and oxygen atoms in total. The zero-order valence-corrected chi connectivity index (χ0v) is 16.2. The van der Waals surface area contributed by atoms with Gasteiger partial charge in [0.1, 0.15) is 5.75 Å². The predicted molar refractivity (Wildman–Crippen MR) is 104 cm³/mol. The fraction of sp³-hybridized carbons (Fsp3) is 0.579. The first kappa shape index (κ1) is 21.9. The van der Waals surface area contributed by atoms with E-state index >= 15 is 0 Å². The van der Waals surface area contributed by atoms with Crippen LogP contribution in [0.1, 0.15) is 24.8 Å². The highest BCUT2D eigenvalue weighted by atomic mass is 19.3. The van der Waals surface area contributed by atoms with E-state index in [1.54, 1.807) is 25.2 Å². The van der Waals surface area contributed by atoms with E-state index in [1.807, 2.05) is 0 Å². The molecule has 0 bridgehead atoms. The van der Waals surface area contributed by atoms with E-state index in [0.717, 1.165) is 38.9 Å². The highest BCUT2D eigenvalue weighted by Crippen LogP contribution is 2.20. The zero-order chi connectivity index (χ0) is 20.4. The molecule has 0 aliphatic carbocycles. The molecule has 1 fully saturated rings. The van der Waals surface area contributed by atoms with E-state index in [2.05, 4.69) is 25.3 Å². The van der Waals surface area contributed by atoms with E-state index in [1.165, 1.54) is 6.07 Å². The molecule has 9 heteroatoms. The summed E-state index contributed by atoms with van der Waals surface area (Å²) in [6, 6.07) is 6.65. The van der Waals surface area contributed by atoms with Gasteiger partial charge in [0.2, 0.25) is 5.91 Å². The second kappa shape index (κ2) is 11.4. The molecular formula is C19H29F2N5O2. The van der Waals surface area contributed by atoms with Gasteiger partial charge in [-0.2, -0.15) is 8.78 Å². The van der Waals surface area contributed by atoms with Crippen LogP contribution in [0.15, 0.2) is 29.3 Å². The van der Waals surface area contributed by atoms with Crippen molar-refractivity contribution in [3.63, 3.8) is 0 Å². The number of aliphatic imine (C=N–C) groups is 1. The third-order valence-corrected chi connectivity index (χ3v) is 4.71. The standard InChI is InChI=1S/C19H29F2N5O2/c1-23-19(25-12-14-6-2-3-8-16(14)28-18(20)21)24-9-5-11-26-10-4-7-15(13-26)17(22)27/h2-3,6,8,15,18H,4-5,7,9-13H2,1H3,(H2,22,27)(H2,23,24,25). The summed E-state index contributed by atoms with van der Waals surface area (Å²) in [7, 11) is 1.65. The van der Waals surface area contributed by atoms with Crippen LogP contribution >= 0.6 is 0 Å². The molecule has 0 aromatic heterocycles. The second-order valence-corrected chi connectivity index (χ2v) is 6.73. The highest BCUT2D eigenvalue weighted by molar-refractivity contribution is 5.79. The molecular weight excluding hydrogens is 368 g/mol. The largest absolute Gasteiger partial charge is 0.434 e. The molecule has 1 heterocycles. The van der Waals surface area contributed by atoms with Crippen LogP contribution in [0, 0.1) is 5.92 Å². The van der Waals surface area contributed by atoms with Gasteiger partial charge in [-0.15, -0.1) is 0 Å². The van der Waals surface area contributed by atoms with E-state index in [0.29, 0.717) is 24.6 Å². The van der Waals surface area contributed by atoms with E-state index in [4.69, 9.17) is 5.73 Å². The normalized spacial score (nSPS) is 18.1. The number of primary amides is 1. The molecule has 1 unspecified atom stereocenters. The molecule has 156 valence electrons. The lowest BCUT2D eigenvalue weighted by atomic mass is 9.97. The van der Waals surface area contributed by atoms with Crippen molar-refractivity contribution in [3.05, 3.63) is 29.8 Å². The third-order valence-electron chi connectivity index (χ3n) is 4.71. The monoisotopic (exact) mass is 397 g/mol. The fourth-order valence-electron chi connectivity index (χ4n) is 3.26. The van der Waals surface area contributed by atoms with Crippen molar-refractivity contribution in [2.24, 2.45) is 16.6 Å². The lowest BCUT2D eigenvalue weighted by Gasteiger charge is -2.31. The number of nitrogens with zero attached hydrogens (tertiary/aromatic N) is 2. The number of likely N-dealkylation sites (tertiary alicyclic amines) is 1. The Morgan fingerprint density at radius 2 is 2.18 bits per heavy atom. The Kier molecular flexibility index (Phi) is 8.93. The molecule has 4 N–H and O–H groups in total. The molecule has 2 rings (SSSR count). The van der Waals surface area contributed by atoms with Crippen LogP contribution in [0.3, 0.4) is 0 Å². The summed E-state index contributed by atoms with van der Waals surface area (Å²) in [5.41, 5.74) is 6.03. The van der Waals surface area contributed by atoms with Crippen LogP contribution < -0.4 is 21.1 Å². The van der Waals surface area contributed by atoms with Crippen molar-refractivity contribution >= 4 is 11.9 Å². The Labute approximate surface area is 164 Å². The van der Waals surface area contributed by atoms with Crippen molar-refractivity contribution in [3.8, 4) is 5.75 Å². The van der Waals surface area contributed by atoms with Crippen molar-refractivity contribution in [2.45, 2.75) is 32.4 Å². The number of carbonyl (C=O) groups excluding carboxylic acids is 1. The van der Waals surface area contributed by atoms with Gasteiger partial charge in [-0.25, -0.2) is 0 Å². The minimum absolute atomic E-state index is 0.0494. The smallest absolute Gasteiger partial charge is 0.387 e. The molecule has 1 atom stereocenters. The van der Waals surface area contributed by atoms with Crippen LogP contribution in [0.25, 0.3) is 0 Å². The van der Waals surface area contributed by atoms with E-state index < -0.39 is 6.61 Å². The number of ether oxygens (including phenoxy) is 1. The first-order valence-corrected chi connectivity index (χ1v) is 9.48. The topological polar surface area (TPSA) is 92.0 Å². The summed E-state index contributed by atoms with van der Waals surface area (Å²) < 4.78 is 29.5. The zero-order valence-electron chi connectivity index (χ0n) is 16.2. The summed E-state index contributed by atoms with van der Waals surface area (Å²) in [5, 5.41) is 6.30. The lowest BCUT2D eigenvalue weighted by molar-refractivity contribution is -0.123. The summed E-state index contributed by atoms with van der Waals surface area (Å²) in [6.07, 6.45) is 2.75. The first-order valence-electron chi connectivity index (χ1n) is 9.48. The maximum atomic E-state index is 12.5. The van der Waals surface area contributed by atoms with Crippen LogP contribution in [0.2, 0.25) is 0 Å². The molecule has 1 aliphatic heterocycles. The van der Waals surface area contributed by atoms with Crippen molar-refractivity contribution in [1.82, 2.24) is 15.5 Å². The van der Waals surface area contributed by atoms with Crippen LogP contribution in [0.5, 0.6) is 5.75 Å². The minimum Gasteiger partial charge on any atom is -0.434 e. The van der Waals surface area contributed by atoms with Crippen LogP contribution in [-0.4, -0.2) is 56.6 Å². The summed E-state index contributed by atoms with van der Waals surface area (Å²) >= 11 is 0. The number of alkyl halides is 2. The van der Waals surface area contributed by atoms with Gasteiger partial charge in [0, 0.05) is 32.2 Å². The van der Waals surface area contributed by atoms with E-state index in [9.17, 15) is 13.6 Å². The Balaban J connectivity index is 1.71. The number of benzene rings is 1. The van der Waals surface area contributed by atoms with Gasteiger partial charge in [-0.3, -0.25) is 9.79 Å². The lowest BCUT2D eigenvalue weighted by Crippen LogP contribution is -2.42. The van der Waals surface area contributed by atoms with Gasteiger partial charge >= 0.3 is 6.61 Å². The van der Waals surface area contributed by atoms with Crippen molar-refractivity contribution < 1.29 is 18.3 Å². The number of hydrogen-bond acceptors (Lipinski definition) is 4. The van der Waals surface area contributed by atoms with Gasteiger partial charge in [-0.1, -0.05) is 18.2 Å². The van der Waals surface area contributed by atoms with Gasteiger partial charge in [0.15, 0.2) is 5.96 Å². The predicted octanol–water partition coefficient (Wildman–Crippen LogP) is 1.54. The number of nitrogens with two attached hydrogens (primary N) is 1. The summed E-state index contributed by atoms with van der Waals surface area (Å²) in [6.45, 7) is 0.740. The van der Waals surface area contributed by atoms with Crippen molar-refractivity contribution in [2.75, 3.05) is 33.2 Å². The molecule has 0 radical (unpaired) electrons. The molecule has 0 spiro atoms. The number of para-hydroxylation sites is 1. The summed E-state index contributed by atoms with van der Waals surface area (Å²) in [4.78, 5) is 17.7. The second-order valence-electron chi connectivity index (χ2n) is 6.73. The first-order chi connectivity index (χ1) is 13.5. The number of nitrogens with one attached hydrogen (secondary N) is 2. The SMILES string of the molecule is CN=C(NCCCN1CCCC(C(N)=O)C1)NCc1ccccc1OC(F)F. The highest BCUT2D eigenvalue weighted by Gasteiger charge is 2.23. The van der Waals surface area contributed by atoms with Crippen molar-refractivity contribution in [1.29, 1.82) is 0 Å². The Morgan fingerprint density at radius 3 is 2.89 bits per heavy atom. The molecule has 28 heavy (non-hydrogen) atoms. The quantitative estimate of drug-likeness (QED) is 0.334. The molecule has 1 saturated heterocycles. The maximum Gasteiger partial charge on any atom is 0.387 e. The number of piperidine rings is 1. The Bertz CT molecular complexity index is 657. The molecule has 1 amide bonds. The van der Waals surface area contributed by atoms with Crippen LogP contribution in [0.4, 0.5) is 8.78 Å². The average Bonchev–Trinajstić information content (AvgIpc) is 2.68. The number of rotatable bonds is 9. The molecule has 1 aliphatic rings. The number of hydrogen-bond donors (Lipinski definition) is 3. The molecule has 1 aromatic rings. The third kappa shape index (κ3) is 7.30. The molecule has 1 aromatic carbocycles. The van der Waals surface area contributed by atoms with Gasteiger partial charge < -0.3 is 26.0 Å². The van der Waals surface area contributed by atoms with Crippen LogP contribution in [-0.2, 0) is 11.3 Å². The minimum atomic E-state index is -2.86. The van der Waals surface area contributed by atoms with Gasteiger partial charge in [-0.05, 0) is 38.4 Å². The summed E-state index contributed by atoms with van der Waals surface area (Å²) in [5.74, 6) is 0.463. The number of amides is 1. The fourth-order valence-corrected chi connectivity index (χ4v) is 3.26. The number of carbonyl (C=O) groups is 1. The average molecular weight is 397 g/mol. The van der Waals surface area contributed by atoms with Gasteiger partial charge in [0.25, 0.3) is 0 Å².